The number of carbonyl (C=O) groups is 1. The Hall–Kier alpha value is -1.65. The monoisotopic (exact) mass is 221 g/mol. The normalized spacial score (nSPS) is 15.5. The molecule has 2 N–H and O–H groups in total. The number of aromatic carboxylic acids is 1. The molecule has 0 aromatic carbocycles. The van der Waals surface area contributed by atoms with Gasteiger partial charge >= 0.3 is 5.97 Å². The first-order valence-electron chi connectivity index (χ1n) is 5.54. The number of aromatic nitrogens is 2. The largest absolute Gasteiger partial charge is 0.477 e. The van der Waals surface area contributed by atoms with Crippen molar-refractivity contribution in [3.8, 4) is 0 Å². The Morgan fingerprint density at radius 2 is 2.38 bits per heavy atom. The van der Waals surface area contributed by atoms with Gasteiger partial charge in [-0.1, -0.05) is 19.3 Å². The predicted molar refractivity (Wildman–Crippen MR) is 59.4 cm³/mol. The van der Waals surface area contributed by atoms with Crippen molar-refractivity contribution < 1.29 is 9.90 Å². The highest BCUT2D eigenvalue weighted by Gasteiger charge is 2.17. The number of nitrogens with zero attached hydrogens (tertiary/aromatic N) is 2. The first kappa shape index (κ1) is 10.9. The van der Waals surface area contributed by atoms with Crippen molar-refractivity contribution in [3.05, 3.63) is 18.1 Å². The van der Waals surface area contributed by atoms with Gasteiger partial charge in [-0.05, 0) is 12.3 Å². The second-order valence-corrected chi connectivity index (χ2v) is 4.10. The van der Waals surface area contributed by atoms with Crippen molar-refractivity contribution >= 4 is 11.8 Å². The van der Waals surface area contributed by atoms with Gasteiger partial charge in [0.2, 0.25) is 0 Å². The van der Waals surface area contributed by atoms with Crippen molar-refractivity contribution in [1.82, 2.24) is 9.97 Å². The average Bonchev–Trinajstić information content (AvgIpc) is 2.22. The minimum atomic E-state index is -0.994. The van der Waals surface area contributed by atoms with Gasteiger partial charge in [-0.25, -0.2) is 14.8 Å². The van der Waals surface area contributed by atoms with Crippen LogP contribution in [0.15, 0.2) is 12.5 Å². The molecule has 0 atom stereocenters. The zero-order valence-corrected chi connectivity index (χ0v) is 9.02. The maximum Gasteiger partial charge on any atom is 0.341 e. The van der Waals surface area contributed by atoms with E-state index < -0.39 is 5.97 Å². The molecule has 0 amide bonds. The molecular weight excluding hydrogens is 206 g/mol. The lowest BCUT2D eigenvalue weighted by molar-refractivity contribution is 0.0697. The molecule has 5 nitrogen and oxygen atoms in total. The van der Waals surface area contributed by atoms with E-state index in [0.717, 1.165) is 18.9 Å². The van der Waals surface area contributed by atoms with Gasteiger partial charge in [-0.15, -0.1) is 0 Å². The van der Waals surface area contributed by atoms with Crippen LogP contribution < -0.4 is 5.32 Å². The Kier molecular flexibility index (Phi) is 3.34. The van der Waals surface area contributed by atoms with Crippen molar-refractivity contribution in [3.63, 3.8) is 0 Å². The number of hydrogen-bond donors (Lipinski definition) is 2. The molecule has 1 saturated carbocycles. The Bertz CT molecular complexity index is 377. The third kappa shape index (κ3) is 2.48. The van der Waals surface area contributed by atoms with Crippen LogP contribution in [0.1, 0.15) is 36.0 Å². The second kappa shape index (κ2) is 4.92. The molecule has 1 aromatic rings. The molecule has 0 radical (unpaired) electrons. The maximum absolute atomic E-state index is 10.9. The molecule has 16 heavy (non-hydrogen) atoms. The standard InChI is InChI=1S/C11H15N3O2/c15-11(16)9-6-12-7-14-10(9)13-5-4-8-2-1-3-8/h6-8H,1-5H2,(H,15,16)(H,12,13,14). The molecule has 1 heterocycles. The SMILES string of the molecule is O=C(O)c1cncnc1NCCC1CCC1. The number of carboxylic acid groups (broad SMARTS) is 1. The van der Waals surface area contributed by atoms with Crippen LogP contribution in [0.2, 0.25) is 0 Å². The van der Waals surface area contributed by atoms with Crippen molar-refractivity contribution in [2.24, 2.45) is 5.92 Å². The van der Waals surface area contributed by atoms with Crippen molar-refractivity contribution in [1.29, 1.82) is 0 Å². The molecule has 5 heteroatoms. The van der Waals surface area contributed by atoms with Crippen LogP contribution in [0.5, 0.6) is 0 Å². The Morgan fingerprint density at radius 3 is 3.00 bits per heavy atom. The third-order valence-corrected chi connectivity index (χ3v) is 3.01. The fourth-order valence-corrected chi connectivity index (χ4v) is 1.80. The van der Waals surface area contributed by atoms with E-state index in [-0.39, 0.29) is 5.56 Å². The minimum Gasteiger partial charge on any atom is -0.477 e. The topological polar surface area (TPSA) is 75.1 Å². The lowest BCUT2D eigenvalue weighted by Crippen LogP contribution is -2.17. The van der Waals surface area contributed by atoms with Crippen LogP contribution in [-0.4, -0.2) is 27.6 Å². The summed E-state index contributed by atoms with van der Waals surface area (Å²) in [7, 11) is 0. The predicted octanol–water partition coefficient (Wildman–Crippen LogP) is 1.78. The van der Waals surface area contributed by atoms with Gasteiger partial charge in [0, 0.05) is 12.7 Å². The smallest absolute Gasteiger partial charge is 0.341 e. The Morgan fingerprint density at radius 1 is 1.56 bits per heavy atom. The van der Waals surface area contributed by atoms with Gasteiger partial charge in [0.15, 0.2) is 0 Å². The molecule has 1 aliphatic carbocycles. The van der Waals surface area contributed by atoms with Gasteiger partial charge in [-0.3, -0.25) is 0 Å². The molecule has 0 aliphatic heterocycles. The van der Waals surface area contributed by atoms with Gasteiger partial charge in [0.25, 0.3) is 0 Å². The summed E-state index contributed by atoms with van der Waals surface area (Å²) in [6.45, 7) is 0.780. The molecule has 1 aromatic heterocycles. The molecule has 0 saturated heterocycles. The molecule has 2 rings (SSSR count). The molecule has 1 aliphatic rings. The van der Waals surface area contributed by atoms with Crippen LogP contribution in [0.4, 0.5) is 5.82 Å². The molecule has 1 fully saturated rings. The van der Waals surface area contributed by atoms with Gasteiger partial charge < -0.3 is 10.4 Å². The van der Waals surface area contributed by atoms with E-state index in [1.165, 1.54) is 31.8 Å². The maximum atomic E-state index is 10.9. The highest BCUT2D eigenvalue weighted by Crippen LogP contribution is 2.29. The van der Waals surface area contributed by atoms with Gasteiger partial charge in [0.1, 0.15) is 17.7 Å². The fraction of sp³-hybridized carbons (Fsp3) is 0.545. The molecule has 0 spiro atoms. The van der Waals surface area contributed by atoms with Crippen LogP contribution in [0.25, 0.3) is 0 Å². The van der Waals surface area contributed by atoms with Crippen LogP contribution in [0, 0.1) is 5.92 Å². The number of anilines is 1. The number of carboxylic acids is 1. The van der Waals surface area contributed by atoms with Crippen LogP contribution in [0.3, 0.4) is 0 Å². The average molecular weight is 221 g/mol. The summed E-state index contributed by atoms with van der Waals surface area (Å²) in [6, 6.07) is 0. The first-order chi connectivity index (χ1) is 7.77. The van der Waals surface area contributed by atoms with E-state index in [0.29, 0.717) is 5.82 Å². The summed E-state index contributed by atoms with van der Waals surface area (Å²) >= 11 is 0. The fourth-order valence-electron chi connectivity index (χ4n) is 1.80. The zero-order chi connectivity index (χ0) is 11.4. The number of hydrogen-bond acceptors (Lipinski definition) is 4. The second-order valence-electron chi connectivity index (χ2n) is 4.10. The third-order valence-electron chi connectivity index (χ3n) is 3.01. The minimum absolute atomic E-state index is 0.135. The number of nitrogens with one attached hydrogen (secondary N) is 1. The van der Waals surface area contributed by atoms with Gasteiger partial charge in [0.05, 0.1) is 0 Å². The summed E-state index contributed by atoms with van der Waals surface area (Å²) in [6.07, 6.45) is 7.70. The summed E-state index contributed by atoms with van der Waals surface area (Å²) in [5.74, 6) is 0.233. The zero-order valence-electron chi connectivity index (χ0n) is 9.02. The van der Waals surface area contributed by atoms with E-state index in [1.807, 2.05) is 0 Å². The van der Waals surface area contributed by atoms with E-state index in [2.05, 4.69) is 15.3 Å². The van der Waals surface area contributed by atoms with Crippen LogP contribution in [-0.2, 0) is 0 Å². The van der Waals surface area contributed by atoms with Crippen molar-refractivity contribution in [2.75, 3.05) is 11.9 Å². The highest BCUT2D eigenvalue weighted by molar-refractivity contribution is 5.92. The van der Waals surface area contributed by atoms with E-state index >= 15 is 0 Å². The number of rotatable bonds is 5. The van der Waals surface area contributed by atoms with E-state index in [4.69, 9.17) is 5.11 Å². The quantitative estimate of drug-likeness (QED) is 0.792. The lowest BCUT2D eigenvalue weighted by atomic mass is 9.83. The van der Waals surface area contributed by atoms with E-state index in [1.54, 1.807) is 0 Å². The lowest BCUT2D eigenvalue weighted by Gasteiger charge is -2.25. The first-order valence-corrected chi connectivity index (χ1v) is 5.54. The Labute approximate surface area is 93.9 Å². The summed E-state index contributed by atoms with van der Waals surface area (Å²) in [5.41, 5.74) is 0.135. The molecular formula is C11H15N3O2. The van der Waals surface area contributed by atoms with Gasteiger partial charge in [-0.2, -0.15) is 0 Å². The van der Waals surface area contributed by atoms with Crippen LogP contribution >= 0.6 is 0 Å². The van der Waals surface area contributed by atoms with E-state index in [9.17, 15) is 4.79 Å². The summed E-state index contributed by atoms with van der Waals surface area (Å²) in [4.78, 5) is 18.5. The molecule has 0 bridgehead atoms. The summed E-state index contributed by atoms with van der Waals surface area (Å²) < 4.78 is 0. The Balaban J connectivity index is 1.89. The highest BCUT2D eigenvalue weighted by atomic mass is 16.4. The summed E-state index contributed by atoms with van der Waals surface area (Å²) in [5, 5.41) is 12.0. The molecule has 0 unspecified atom stereocenters. The molecule has 86 valence electrons. The van der Waals surface area contributed by atoms with Crippen molar-refractivity contribution in [2.45, 2.75) is 25.7 Å².